The zero-order valence-electron chi connectivity index (χ0n) is 12.9. The van der Waals surface area contributed by atoms with Crippen LogP contribution in [0.2, 0.25) is 0 Å². The minimum Gasteiger partial charge on any atom is -0.381 e. The molecule has 2 unspecified atom stereocenters. The molecule has 1 saturated carbocycles. The molecule has 0 amide bonds. The number of aliphatic imine (C=N–C) groups is 1. The van der Waals surface area contributed by atoms with Crippen molar-refractivity contribution in [2.24, 2.45) is 16.1 Å². The summed E-state index contributed by atoms with van der Waals surface area (Å²) in [6.07, 6.45) is 3.36. The molecule has 0 bridgehead atoms. The monoisotopic (exact) mass is 297 g/mol. The van der Waals surface area contributed by atoms with E-state index >= 15 is 0 Å². The fourth-order valence-electron chi connectivity index (χ4n) is 3.78. The number of hydrogen-bond donors (Lipinski definition) is 1. The number of rotatable bonds is 3. The van der Waals surface area contributed by atoms with Gasteiger partial charge >= 0.3 is 0 Å². The van der Waals surface area contributed by atoms with Crippen LogP contribution in [0.4, 0.5) is 0 Å². The van der Waals surface area contributed by atoms with Crippen molar-refractivity contribution >= 4 is 5.96 Å². The second kappa shape index (κ2) is 6.50. The Morgan fingerprint density at radius 1 is 1.24 bits per heavy atom. The maximum absolute atomic E-state index is 6.22. The maximum Gasteiger partial charge on any atom is 0.191 e. The molecule has 21 heavy (non-hydrogen) atoms. The molecule has 0 aromatic rings. The summed E-state index contributed by atoms with van der Waals surface area (Å²) in [7, 11) is 0. The van der Waals surface area contributed by atoms with E-state index in [4.69, 9.17) is 24.9 Å². The highest BCUT2D eigenvalue weighted by Gasteiger charge is 2.56. The van der Waals surface area contributed by atoms with Gasteiger partial charge in [-0.1, -0.05) is 0 Å². The van der Waals surface area contributed by atoms with Gasteiger partial charge in [0, 0.05) is 38.3 Å². The van der Waals surface area contributed by atoms with E-state index in [1.165, 1.54) is 0 Å². The molecule has 2 saturated heterocycles. The molecule has 1 spiro atoms. The van der Waals surface area contributed by atoms with Gasteiger partial charge in [-0.2, -0.15) is 0 Å². The Morgan fingerprint density at radius 3 is 2.57 bits per heavy atom. The third-order valence-electron chi connectivity index (χ3n) is 5.16. The van der Waals surface area contributed by atoms with Gasteiger partial charge in [0.1, 0.15) is 0 Å². The molecule has 6 heteroatoms. The average Bonchev–Trinajstić information content (AvgIpc) is 2.55. The average molecular weight is 297 g/mol. The number of hydrogen-bond acceptors (Lipinski definition) is 4. The van der Waals surface area contributed by atoms with Gasteiger partial charge in [-0.25, -0.2) is 4.99 Å². The van der Waals surface area contributed by atoms with Crippen molar-refractivity contribution < 1.29 is 14.2 Å². The van der Waals surface area contributed by atoms with Crippen LogP contribution < -0.4 is 5.73 Å². The lowest BCUT2D eigenvalue weighted by molar-refractivity contribution is -0.163. The van der Waals surface area contributed by atoms with Gasteiger partial charge in [-0.3, -0.25) is 0 Å². The smallest absolute Gasteiger partial charge is 0.191 e. The molecule has 3 aliphatic rings. The second-order valence-corrected chi connectivity index (χ2v) is 6.13. The van der Waals surface area contributed by atoms with E-state index < -0.39 is 0 Å². The second-order valence-electron chi connectivity index (χ2n) is 6.13. The van der Waals surface area contributed by atoms with E-state index in [-0.39, 0.29) is 11.5 Å². The van der Waals surface area contributed by atoms with Crippen molar-refractivity contribution in [1.29, 1.82) is 0 Å². The highest BCUT2D eigenvalue weighted by molar-refractivity contribution is 5.78. The third kappa shape index (κ3) is 2.89. The Bertz CT molecular complexity index is 376. The molecular weight excluding hydrogens is 270 g/mol. The minimum absolute atomic E-state index is 0.144. The molecule has 0 aromatic heterocycles. The molecule has 3 fully saturated rings. The van der Waals surface area contributed by atoms with E-state index in [2.05, 4.69) is 11.8 Å². The Balaban J connectivity index is 1.69. The normalized spacial score (nSPS) is 33.0. The zero-order chi connectivity index (χ0) is 14.7. The van der Waals surface area contributed by atoms with Gasteiger partial charge in [-0.05, 0) is 26.2 Å². The van der Waals surface area contributed by atoms with E-state index in [1.807, 2.05) is 0 Å². The molecule has 120 valence electrons. The fourth-order valence-corrected chi connectivity index (χ4v) is 3.78. The Morgan fingerprint density at radius 2 is 1.90 bits per heavy atom. The zero-order valence-corrected chi connectivity index (χ0v) is 12.9. The summed E-state index contributed by atoms with van der Waals surface area (Å²) in [6, 6.07) is 0.279. The molecule has 6 nitrogen and oxygen atoms in total. The van der Waals surface area contributed by atoms with Gasteiger partial charge < -0.3 is 24.8 Å². The molecule has 0 radical (unpaired) electrons. The fraction of sp³-hybridized carbons (Fsp3) is 0.933. The number of nitrogens with two attached hydrogens (primary N) is 1. The molecule has 2 atom stereocenters. The topological polar surface area (TPSA) is 69.3 Å². The van der Waals surface area contributed by atoms with Crippen molar-refractivity contribution in [2.45, 2.75) is 38.3 Å². The van der Waals surface area contributed by atoms with Gasteiger partial charge in [0.25, 0.3) is 0 Å². The summed E-state index contributed by atoms with van der Waals surface area (Å²) < 4.78 is 16.8. The van der Waals surface area contributed by atoms with Crippen LogP contribution in [0.1, 0.15) is 26.2 Å². The van der Waals surface area contributed by atoms with Crippen molar-refractivity contribution in [3.63, 3.8) is 0 Å². The van der Waals surface area contributed by atoms with Crippen LogP contribution in [-0.2, 0) is 14.2 Å². The first-order valence-electron chi connectivity index (χ1n) is 8.11. The largest absolute Gasteiger partial charge is 0.381 e. The number of guanidine groups is 1. The van der Waals surface area contributed by atoms with Crippen LogP contribution >= 0.6 is 0 Å². The van der Waals surface area contributed by atoms with E-state index in [0.717, 1.165) is 65.4 Å². The van der Waals surface area contributed by atoms with Gasteiger partial charge in [0.05, 0.1) is 25.4 Å². The van der Waals surface area contributed by atoms with Crippen LogP contribution in [0.15, 0.2) is 4.99 Å². The number of morpholine rings is 1. The maximum atomic E-state index is 6.22. The highest BCUT2D eigenvalue weighted by Crippen LogP contribution is 2.52. The van der Waals surface area contributed by atoms with Gasteiger partial charge in [0.2, 0.25) is 0 Å². The molecule has 2 aliphatic heterocycles. The summed E-state index contributed by atoms with van der Waals surface area (Å²) >= 11 is 0. The Labute approximate surface area is 126 Å². The Kier molecular flexibility index (Phi) is 4.66. The van der Waals surface area contributed by atoms with Crippen LogP contribution in [0.25, 0.3) is 0 Å². The van der Waals surface area contributed by atoms with Crippen molar-refractivity contribution in [1.82, 2.24) is 4.90 Å². The van der Waals surface area contributed by atoms with Crippen molar-refractivity contribution in [3.05, 3.63) is 0 Å². The molecule has 0 aromatic carbocycles. The predicted molar refractivity (Wildman–Crippen MR) is 80.3 cm³/mol. The highest BCUT2D eigenvalue weighted by atomic mass is 16.5. The van der Waals surface area contributed by atoms with Crippen LogP contribution in [-0.4, -0.2) is 69.1 Å². The number of nitrogens with zero attached hydrogens (tertiary/aromatic N) is 2. The van der Waals surface area contributed by atoms with E-state index in [1.54, 1.807) is 0 Å². The SMILES string of the molecule is CCOC1CC(N=C(N)N2CCOCC2)C12CCOCC2. The van der Waals surface area contributed by atoms with Gasteiger partial charge in [-0.15, -0.1) is 0 Å². The molecule has 2 heterocycles. The van der Waals surface area contributed by atoms with Crippen LogP contribution in [0, 0.1) is 5.41 Å². The summed E-state index contributed by atoms with van der Waals surface area (Å²) in [4.78, 5) is 6.97. The Hall–Kier alpha value is -0.850. The van der Waals surface area contributed by atoms with Crippen molar-refractivity contribution in [3.8, 4) is 0 Å². The summed E-state index contributed by atoms with van der Waals surface area (Å²) in [5.41, 5.74) is 6.36. The summed E-state index contributed by atoms with van der Waals surface area (Å²) in [5, 5.41) is 0. The molecule has 2 N–H and O–H groups in total. The van der Waals surface area contributed by atoms with Crippen LogP contribution in [0.3, 0.4) is 0 Å². The third-order valence-corrected chi connectivity index (χ3v) is 5.16. The van der Waals surface area contributed by atoms with E-state index in [0.29, 0.717) is 12.1 Å². The summed E-state index contributed by atoms with van der Waals surface area (Å²) in [6.45, 7) is 7.61. The first-order valence-corrected chi connectivity index (χ1v) is 8.11. The first-order chi connectivity index (χ1) is 10.3. The number of ether oxygens (including phenoxy) is 3. The lowest BCUT2D eigenvalue weighted by Gasteiger charge is -2.55. The van der Waals surface area contributed by atoms with Crippen LogP contribution in [0.5, 0.6) is 0 Å². The molecular formula is C15H27N3O3. The standard InChI is InChI=1S/C15H27N3O3/c1-2-21-13-11-12(15(13)3-7-19-8-4-15)17-14(16)18-5-9-20-10-6-18/h12-13H,2-11H2,1H3,(H2,16,17). The van der Waals surface area contributed by atoms with Gasteiger partial charge in [0.15, 0.2) is 5.96 Å². The predicted octanol–water partition coefficient (Wildman–Crippen LogP) is 0.608. The molecule has 1 aliphatic carbocycles. The minimum atomic E-state index is 0.144. The van der Waals surface area contributed by atoms with Crippen molar-refractivity contribution in [2.75, 3.05) is 46.1 Å². The first kappa shape index (κ1) is 15.1. The lowest BCUT2D eigenvalue weighted by Crippen LogP contribution is -2.60. The molecule has 3 rings (SSSR count). The summed E-state index contributed by atoms with van der Waals surface area (Å²) in [5.74, 6) is 0.670. The lowest BCUT2D eigenvalue weighted by atomic mass is 9.58. The van der Waals surface area contributed by atoms with E-state index in [9.17, 15) is 0 Å². The quantitative estimate of drug-likeness (QED) is 0.610.